The summed E-state index contributed by atoms with van der Waals surface area (Å²) < 4.78 is 1.44. The fourth-order valence-electron chi connectivity index (χ4n) is 1.47. The molecule has 6 heteroatoms. The zero-order valence-corrected chi connectivity index (χ0v) is 13.9. The molecule has 0 aliphatic heterocycles. The maximum Gasteiger partial charge on any atom is 0.272 e. The van der Waals surface area contributed by atoms with Crippen LogP contribution in [0, 0.1) is 3.57 Å². The number of carbonyl (C=O) groups is 1. The van der Waals surface area contributed by atoms with Crippen molar-refractivity contribution in [3.63, 3.8) is 0 Å². The first-order valence-corrected chi connectivity index (χ1v) is 7.51. The van der Waals surface area contributed by atoms with Crippen molar-refractivity contribution in [1.29, 1.82) is 0 Å². The molecule has 2 N–H and O–H groups in total. The first-order chi connectivity index (χ1) is 9.58. The number of rotatable bonds is 3. The Bertz CT molecular complexity index is 674. The number of halogens is 2. The average molecular weight is 445 g/mol. The van der Waals surface area contributed by atoms with Crippen LogP contribution >= 0.6 is 38.5 Å². The van der Waals surface area contributed by atoms with Gasteiger partial charge in [0.2, 0.25) is 0 Å². The Labute approximate surface area is 138 Å². The number of benzene rings is 2. The third kappa shape index (κ3) is 3.80. The number of carbonyl (C=O) groups excluding carboxylic acids is 1. The summed E-state index contributed by atoms with van der Waals surface area (Å²) >= 11 is 5.33. The van der Waals surface area contributed by atoms with Gasteiger partial charge in [-0.15, -0.1) is 0 Å². The number of hydrogen-bond donors (Lipinski definition) is 2. The first-order valence-electron chi connectivity index (χ1n) is 5.64. The molecule has 0 aliphatic rings. The lowest BCUT2D eigenvalue weighted by Crippen LogP contribution is -2.18. The van der Waals surface area contributed by atoms with Crippen LogP contribution in [-0.2, 0) is 0 Å². The highest BCUT2D eigenvalue weighted by Crippen LogP contribution is 2.19. The zero-order valence-electron chi connectivity index (χ0n) is 10.2. The van der Waals surface area contributed by atoms with Gasteiger partial charge in [0.05, 0.1) is 15.3 Å². The molecule has 0 fully saturated rings. The van der Waals surface area contributed by atoms with Gasteiger partial charge in [0.15, 0.2) is 0 Å². The highest BCUT2D eigenvalue weighted by molar-refractivity contribution is 14.1. The normalized spacial score (nSPS) is 10.7. The van der Waals surface area contributed by atoms with Gasteiger partial charge in [0.1, 0.15) is 5.75 Å². The van der Waals surface area contributed by atoms with Crippen molar-refractivity contribution in [2.45, 2.75) is 0 Å². The van der Waals surface area contributed by atoms with Crippen LogP contribution < -0.4 is 5.43 Å². The topological polar surface area (TPSA) is 61.7 Å². The van der Waals surface area contributed by atoms with Gasteiger partial charge in [-0.25, -0.2) is 5.43 Å². The van der Waals surface area contributed by atoms with Crippen molar-refractivity contribution in [3.8, 4) is 5.75 Å². The maximum atomic E-state index is 11.9. The molecule has 2 aromatic rings. The monoisotopic (exact) mass is 444 g/mol. The van der Waals surface area contributed by atoms with E-state index in [0.29, 0.717) is 10.0 Å². The summed E-state index contributed by atoms with van der Waals surface area (Å²) in [6.45, 7) is 0. The number of hydrazone groups is 1. The predicted molar refractivity (Wildman–Crippen MR) is 90.0 cm³/mol. The standard InChI is InChI=1S/C14H10BrIN2O2/c15-11-4-2-1-3-10(11)14(20)18-17-8-9-5-6-13(19)12(16)7-9/h1-8,19H,(H,18,20). The summed E-state index contributed by atoms with van der Waals surface area (Å²) in [5.74, 6) is -0.0674. The molecule has 0 radical (unpaired) electrons. The molecule has 2 rings (SSSR count). The van der Waals surface area contributed by atoms with E-state index in [9.17, 15) is 9.90 Å². The molecule has 0 unspecified atom stereocenters. The summed E-state index contributed by atoms with van der Waals surface area (Å²) in [5, 5.41) is 13.3. The van der Waals surface area contributed by atoms with Crippen molar-refractivity contribution >= 4 is 50.6 Å². The summed E-state index contributed by atoms with van der Waals surface area (Å²) in [6, 6.07) is 12.2. The summed E-state index contributed by atoms with van der Waals surface area (Å²) in [5.41, 5.74) is 3.77. The van der Waals surface area contributed by atoms with Gasteiger partial charge in [-0.05, 0) is 74.4 Å². The smallest absolute Gasteiger partial charge is 0.272 e. The number of hydrogen-bond acceptors (Lipinski definition) is 3. The van der Waals surface area contributed by atoms with E-state index in [1.54, 1.807) is 36.4 Å². The van der Waals surface area contributed by atoms with Crippen LogP contribution in [0.1, 0.15) is 15.9 Å². The van der Waals surface area contributed by atoms with Crippen LogP contribution in [0.5, 0.6) is 5.75 Å². The summed E-state index contributed by atoms with van der Waals surface area (Å²) in [4.78, 5) is 11.9. The second-order valence-corrected chi connectivity index (χ2v) is 5.91. The minimum Gasteiger partial charge on any atom is -0.507 e. The molecule has 0 aliphatic carbocycles. The minimum absolute atomic E-state index is 0.222. The molecule has 20 heavy (non-hydrogen) atoms. The van der Waals surface area contributed by atoms with Crippen molar-refractivity contribution in [3.05, 3.63) is 61.6 Å². The zero-order chi connectivity index (χ0) is 14.5. The molecule has 0 heterocycles. The SMILES string of the molecule is O=C(NN=Cc1ccc(O)c(I)c1)c1ccccc1Br. The Kier molecular flexibility index (Phi) is 5.13. The van der Waals surface area contributed by atoms with Crippen LogP contribution in [0.15, 0.2) is 52.0 Å². The van der Waals surface area contributed by atoms with E-state index in [-0.39, 0.29) is 11.7 Å². The largest absolute Gasteiger partial charge is 0.507 e. The van der Waals surface area contributed by atoms with Crippen LogP contribution in [0.25, 0.3) is 0 Å². The fraction of sp³-hybridized carbons (Fsp3) is 0. The number of nitrogens with one attached hydrogen (secondary N) is 1. The van der Waals surface area contributed by atoms with E-state index >= 15 is 0 Å². The Balaban J connectivity index is 2.05. The Morgan fingerprint density at radius 3 is 2.75 bits per heavy atom. The maximum absolute atomic E-state index is 11.9. The molecule has 2 aromatic carbocycles. The number of aromatic hydroxyl groups is 1. The lowest BCUT2D eigenvalue weighted by Gasteiger charge is -2.02. The lowest BCUT2D eigenvalue weighted by atomic mass is 10.2. The Morgan fingerprint density at radius 1 is 1.30 bits per heavy atom. The van der Waals surface area contributed by atoms with Gasteiger partial charge in [-0.2, -0.15) is 5.10 Å². The number of amides is 1. The summed E-state index contributed by atoms with van der Waals surface area (Å²) in [6.07, 6.45) is 1.52. The van der Waals surface area contributed by atoms with E-state index in [1.807, 2.05) is 28.7 Å². The highest BCUT2D eigenvalue weighted by atomic mass is 127. The van der Waals surface area contributed by atoms with Gasteiger partial charge in [-0.3, -0.25) is 4.79 Å². The second kappa shape index (κ2) is 6.85. The van der Waals surface area contributed by atoms with Crippen LogP contribution in [-0.4, -0.2) is 17.2 Å². The van der Waals surface area contributed by atoms with Crippen LogP contribution in [0.3, 0.4) is 0 Å². The minimum atomic E-state index is -0.290. The van der Waals surface area contributed by atoms with E-state index in [4.69, 9.17) is 0 Å². The molecular formula is C14H10BrIN2O2. The molecule has 0 spiro atoms. The molecule has 0 atom stereocenters. The summed E-state index contributed by atoms with van der Waals surface area (Å²) in [7, 11) is 0. The molecule has 0 saturated heterocycles. The molecule has 102 valence electrons. The van der Waals surface area contributed by atoms with E-state index in [2.05, 4.69) is 26.5 Å². The lowest BCUT2D eigenvalue weighted by molar-refractivity contribution is 0.0954. The predicted octanol–water partition coefficient (Wildman–Crippen LogP) is 3.52. The van der Waals surface area contributed by atoms with Crippen molar-refractivity contribution in [1.82, 2.24) is 5.43 Å². The Hall–Kier alpha value is -1.41. The molecule has 0 saturated carbocycles. The number of phenols is 1. The van der Waals surface area contributed by atoms with Gasteiger partial charge >= 0.3 is 0 Å². The van der Waals surface area contributed by atoms with E-state index in [1.165, 1.54) is 6.21 Å². The molecule has 0 aromatic heterocycles. The molecule has 0 bridgehead atoms. The molecule has 4 nitrogen and oxygen atoms in total. The molecular weight excluding hydrogens is 435 g/mol. The van der Waals surface area contributed by atoms with E-state index in [0.717, 1.165) is 9.13 Å². The van der Waals surface area contributed by atoms with Gasteiger partial charge < -0.3 is 5.11 Å². The van der Waals surface area contributed by atoms with Gasteiger partial charge in [0.25, 0.3) is 5.91 Å². The quantitative estimate of drug-likeness (QED) is 0.432. The number of phenolic OH excluding ortho intramolecular Hbond substituents is 1. The third-order valence-corrected chi connectivity index (χ3v) is 4.03. The van der Waals surface area contributed by atoms with Crippen molar-refractivity contribution in [2.75, 3.05) is 0 Å². The van der Waals surface area contributed by atoms with Crippen LogP contribution in [0.4, 0.5) is 0 Å². The number of nitrogens with zero attached hydrogens (tertiary/aromatic N) is 1. The molecule has 1 amide bonds. The van der Waals surface area contributed by atoms with Crippen molar-refractivity contribution < 1.29 is 9.90 Å². The van der Waals surface area contributed by atoms with Crippen LogP contribution in [0.2, 0.25) is 0 Å². The van der Waals surface area contributed by atoms with Gasteiger partial charge in [-0.1, -0.05) is 12.1 Å². The highest BCUT2D eigenvalue weighted by Gasteiger charge is 2.07. The first kappa shape index (κ1) is 15.0. The fourth-order valence-corrected chi connectivity index (χ4v) is 2.48. The van der Waals surface area contributed by atoms with Crippen molar-refractivity contribution in [2.24, 2.45) is 5.10 Å². The second-order valence-electron chi connectivity index (χ2n) is 3.89. The Morgan fingerprint density at radius 2 is 2.05 bits per heavy atom. The van der Waals surface area contributed by atoms with Gasteiger partial charge in [0, 0.05) is 4.47 Å². The average Bonchev–Trinajstić information content (AvgIpc) is 2.43. The third-order valence-electron chi connectivity index (χ3n) is 2.47. The van der Waals surface area contributed by atoms with E-state index < -0.39 is 0 Å².